The molecule has 0 atom stereocenters. The van der Waals surface area contributed by atoms with Crippen molar-refractivity contribution >= 4 is 11.6 Å². The number of fused-ring (bicyclic) bond motifs is 1. The van der Waals surface area contributed by atoms with E-state index in [0.29, 0.717) is 24.6 Å². The van der Waals surface area contributed by atoms with E-state index < -0.39 is 0 Å². The molecule has 0 aliphatic carbocycles. The monoisotopic (exact) mass is 244 g/mol. The van der Waals surface area contributed by atoms with Gasteiger partial charge >= 0.3 is 0 Å². The molecule has 2 aromatic heterocycles. The zero-order chi connectivity index (χ0) is 12.4. The Balaban J connectivity index is 1.79. The largest absolute Gasteiger partial charge is 0.376 e. The number of H-pyrrole nitrogens is 1. The van der Waals surface area contributed by atoms with Gasteiger partial charge in [-0.2, -0.15) is 5.10 Å². The highest BCUT2D eigenvalue weighted by Gasteiger charge is 2.13. The van der Waals surface area contributed by atoms with Gasteiger partial charge in [0.05, 0.1) is 25.1 Å². The Bertz CT molecular complexity index is 565. The van der Waals surface area contributed by atoms with Crippen molar-refractivity contribution in [1.29, 1.82) is 0 Å². The molecule has 18 heavy (non-hydrogen) atoms. The van der Waals surface area contributed by atoms with Crippen LogP contribution in [0.3, 0.4) is 0 Å². The SMILES string of the molecule is O=C(Nc1cnc2c(c1)COCC2)c1ccn[nH]1. The molecule has 0 saturated carbocycles. The molecule has 3 rings (SSSR count). The van der Waals surface area contributed by atoms with E-state index in [1.165, 1.54) is 6.20 Å². The van der Waals surface area contributed by atoms with Gasteiger partial charge in [0.25, 0.3) is 5.91 Å². The summed E-state index contributed by atoms with van der Waals surface area (Å²) in [4.78, 5) is 16.1. The number of carbonyl (C=O) groups excluding carboxylic acids is 1. The first-order chi connectivity index (χ1) is 8.83. The molecule has 92 valence electrons. The molecule has 1 aliphatic heterocycles. The Morgan fingerprint density at radius 1 is 1.50 bits per heavy atom. The number of nitrogens with one attached hydrogen (secondary N) is 2. The van der Waals surface area contributed by atoms with E-state index in [0.717, 1.165) is 17.7 Å². The number of nitrogens with zero attached hydrogens (tertiary/aromatic N) is 2. The molecule has 1 aliphatic rings. The number of hydrogen-bond donors (Lipinski definition) is 2. The lowest BCUT2D eigenvalue weighted by atomic mass is 10.1. The van der Waals surface area contributed by atoms with Crippen molar-refractivity contribution in [2.75, 3.05) is 11.9 Å². The summed E-state index contributed by atoms with van der Waals surface area (Å²) in [5.74, 6) is -0.231. The van der Waals surface area contributed by atoms with Gasteiger partial charge < -0.3 is 10.1 Å². The Morgan fingerprint density at radius 3 is 3.28 bits per heavy atom. The van der Waals surface area contributed by atoms with Crippen LogP contribution in [0.1, 0.15) is 21.7 Å². The number of hydrogen-bond acceptors (Lipinski definition) is 4. The van der Waals surface area contributed by atoms with Crippen LogP contribution < -0.4 is 5.32 Å². The number of aromatic nitrogens is 3. The van der Waals surface area contributed by atoms with Crippen LogP contribution in [0.25, 0.3) is 0 Å². The van der Waals surface area contributed by atoms with E-state index in [9.17, 15) is 4.79 Å². The van der Waals surface area contributed by atoms with Gasteiger partial charge in [0.2, 0.25) is 0 Å². The van der Waals surface area contributed by atoms with E-state index >= 15 is 0 Å². The minimum absolute atomic E-state index is 0.231. The molecule has 6 nitrogen and oxygen atoms in total. The standard InChI is InChI=1S/C12H12N4O2/c17-12(11-1-3-14-16-11)15-9-5-8-7-18-4-2-10(8)13-6-9/h1,3,5-6H,2,4,7H2,(H,14,16)(H,15,17). The summed E-state index contributed by atoms with van der Waals surface area (Å²) in [6.07, 6.45) is 4.02. The first-order valence-electron chi connectivity index (χ1n) is 5.69. The Labute approximate surface area is 103 Å². The number of carbonyl (C=O) groups is 1. The lowest BCUT2D eigenvalue weighted by molar-refractivity contribution is 0.102. The fourth-order valence-electron chi connectivity index (χ4n) is 1.89. The zero-order valence-electron chi connectivity index (χ0n) is 9.64. The molecule has 0 saturated heterocycles. The fourth-order valence-corrected chi connectivity index (χ4v) is 1.89. The molecule has 3 heterocycles. The third-order valence-corrected chi connectivity index (χ3v) is 2.80. The van der Waals surface area contributed by atoms with Crippen molar-refractivity contribution in [1.82, 2.24) is 15.2 Å². The maximum atomic E-state index is 11.8. The maximum absolute atomic E-state index is 11.8. The lowest BCUT2D eigenvalue weighted by Gasteiger charge is -2.16. The second-order valence-electron chi connectivity index (χ2n) is 4.06. The molecule has 0 spiro atoms. The molecule has 0 fully saturated rings. The minimum Gasteiger partial charge on any atom is -0.376 e. The van der Waals surface area contributed by atoms with Crippen LogP contribution in [0.5, 0.6) is 0 Å². The van der Waals surface area contributed by atoms with Gasteiger partial charge in [-0.3, -0.25) is 14.9 Å². The van der Waals surface area contributed by atoms with Gasteiger partial charge in [-0.05, 0) is 12.1 Å². The van der Waals surface area contributed by atoms with Crippen LogP contribution in [0.15, 0.2) is 24.5 Å². The molecule has 0 radical (unpaired) electrons. The third-order valence-electron chi connectivity index (χ3n) is 2.80. The molecule has 0 unspecified atom stereocenters. The molecule has 2 N–H and O–H groups in total. The quantitative estimate of drug-likeness (QED) is 0.829. The topological polar surface area (TPSA) is 79.9 Å². The second-order valence-corrected chi connectivity index (χ2v) is 4.06. The van der Waals surface area contributed by atoms with Crippen LogP contribution in [0.2, 0.25) is 0 Å². The van der Waals surface area contributed by atoms with E-state index in [2.05, 4.69) is 20.5 Å². The van der Waals surface area contributed by atoms with Crippen molar-refractivity contribution in [2.24, 2.45) is 0 Å². The number of anilines is 1. The smallest absolute Gasteiger partial charge is 0.273 e. The maximum Gasteiger partial charge on any atom is 0.273 e. The van der Waals surface area contributed by atoms with E-state index in [1.807, 2.05) is 6.07 Å². The number of rotatable bonds is 2. The highest BCUT2D eigenvalue weighted by atomic mass is 16.5. The Morgan fingerprint density at radius 2 is 2.44 bits per heavy atom. The van der Waals surface area contributed by atoms with Gasteiger partial charge in [-0.25, -0.2) is 0 Å². The van der Waals surface area contributed by atoms with Crippen molar-refractivity contribution < 1.29 is 9.53 Å². The summed E-state index contributed by atoms with van der Waals surface area (Å²) in [5, 5.41) is 9.11. The highest BCUT2D eigenvalue weighted by Crippen LogP contribution is 2.18. The first-order valence-corrected chi connectivity index (χ1v) is 5.69. The molecule has 2 aromatic rings. The van der Waals surface area contributed by atoms with Crippen molar-refractivity contribution in [3.05, 3.63) is 41.5 Å². The summed E-state index contributed by atoms with van der Waals surface area (Å²) in [6.45, 7) is 1.26. The zero-order valence-corrected chi connectivity index (χ0v) is 9.64. The van der Waals surface area contributed by atoms with Crippen molar-refractivity contribution in [2.45, 2.75) is 13.0 Å². The first kappa shape index (κ1) is 10.9. The Kier molecular flexibility index (Phi) is 2.77. The number of aromatic amines is 1. The highest BCUT2D eigenvalue weighted by molar-refractivity contribution is 6.02. The molecule has 1 amide bonds. The molecule has 6 heteroatoms. The average Bonchev–Trinajstić information content (AvgIpc) is 2.92. The van der Waals surface area contributed by atoms with Crippen LogP contribution in [0.4, 0.5) is 5.69 Å². The number of ether oxygens (including phenoxy) is 1. The lowest BCUT2D eigenvalue weighted by Crippen LogP contribution is -2.15. The van der Waals surface area contributed by atoms with Crippen LogP contribution >= 0.6 is 0 Å². The molecule has 0 bridgehead atoms. The predicted molar refractivity (Wildman–Crippen MR) is 64.1 cm³/mol. The average molecular weight is 244 g/mol. The Hall–Kier alpha value is -2.21. The third kappa shape index (κ3) is 2.10. The van der Waals surface area contributed by atoms with E-state index in [1.54, 1.807) is 12.3 Å². The van der Waals surface area contributed by atoms with Crippen molar-refractivity contribution in [3.63, 3.8) is 0 Å². The van der Waals surface area contributed by atoms with Gasteiger partial charge in [0.15, 0.2) is 0 Å². The normalized spacial score (nSPS) is 14.0. The number of pyridine rings is 1. The minimum atomic E-state index is -0.231. The van der Waals surface area contributed by atoms with Gasteiger partial charge in [-0.1, -0.05) is 0 Å². The van der Waals surface area contributed by atoms with E-state index in [-0.39, 0.29) is 5.91 Å². The van der Waals surface area contributed by atoms with Crippen LogP contribution in [-0.4, -0.2) is 27.7 Å². The van der Waals surface area contributed by atoms with E-state index in [4.69, 9.17) is 4.74 Å². The molecular formula is C12H12N4O2. The van der Waals surface area contributed by atoms with Crippen LogP contribution in [-0.2, 0) is 17.8 Å². The van der Waals surface area contributed by atoms with Gasteiger partial charge in [0, 0.05) is 23.9 Å². The second kappa shape index (κ2) is 4.58. The number of amides is 1. The van der Waals surface area contributed by atoms with Gasteiger partial charge in [-0.15, -0.1) is 0 Å². The predicted octanol–water partition coefficient (Wildman–Crippen LogP) is 1.13. The van der Waals surface area contributed by atoms with Crippen molar-refractivity contribution in [3.8, 4) is 0 Å². The summed E-state index contributed by atoms with van der Waals surface area (Å²) >= 11 is 0. The summed E-state index contributed by atoms with van der Waals surface area (Å²) < 4.78 is 5.36. The van der Waals surface area contributed by atoms with Crippen LogP contribution in [0, 0.1) is 0 Å². The van der Waals surface area contributed by atoms with Gasteiger partial charge in [0.1, 0.15) is 5.69 Å². The molecular weight excluding hydrogens is 232 g/mol. The summed E-state index contributed by atoms with van der Waals surface area (Å²) in [5.41, 5.74) is 3.16. The molecule has 0 aromatic carbocycles. The fraction of sp³-hybridized carbons (Fsp3) is 0.250. The summed E-state index contributed by atoms with van der Waals surface area (Å²) in [7, 11) is 0. The summed E-state index contributed by atoms with van der Waals surface area (Å²) in [6, 6.07) is 3.51.